The number of nitrogens with one attached hydrogen (secondary N) is 1. The maximum absolute atomic E-state index is 12.1. The fourth-order valence-electron chi connectivity index (χ4n) is 2.18. The normalized spacial score (nSPS) is 22.8. The molecule has 1 fully saturated rings. The van der Waals surface area contributed by atoms with Crippen molar-refractivity contribution in [2.75, 3.05) is 6.61 Å². The van der Waals surface area contributed by atoms with Gasteiger partial charge in [0.15, 0.2) is 5.84 Å². The van der Waals surface area contributed by atoms with Crippen molar-refractivity contribution in [3.05, 3.63) is 35.4 Å². The maximum atomic E-state index is 12.1. The summed E-state index contributed by atoms with van der Waals surface area (Å²) in [7, 11) is 0. The predicted octanol–water partition coefficient (Wildman–Crippen LogP) is 0.966. The summed E-state index contributed by atoms with van der Waals surface area (Å²) < 4.78 is 5.48. The lowest BCUT2D eigenvalue weighted by atomic mass is 10.0. The molecule has 0 aromatic heterocycles. The summed E-state index contributed by atoms with van der Waals surface area (Å²) in [4.78, 5) is 12.1. The average molecular weight is 277 g/mol. The summed E-state index contributed by atoms with van der Waals surface area (Å²) in [6, 6.07) is 7.13. The molecule has 4 N–H and O–H groups in total. The Morgan fingerprint density at radius 2 is 2.20 bits per heavy atom. The van der Waals surface area contributed by atoms with E-state index in [4.69, 9.17) is 15.7 Å². The van der Waals surface area contributed by atoms with Crippen LogP contribution in [0.1, 0.15) is 30.9 Å². The molecule has 6 heteroatoms. The van der Waals surface area contributed by atoms with Crippen LogP contribution in [-0.2, 0) is 16.1 Å². The Balaban J connectivity index is 1.92. The van der Waals surface area contributed by atoms with Crippen LogP contribution in [0.15, 0.2) is 29.4 Å². The molecule has 1 amide bonds. The van der Waals surface area contributed by atoms with E-state index in [1.54, 1.807) is 12.1 Å². The second kappa shape index (κ2) is 5.92. The number of carbonyl (C=O) groups excluding carboxylic acids is 1. The van der Waals surface area contributed by atoms with Gasteiger partial charge < -0.3 is 21.0 Å². The number of rotatable bonds is 4. The van der Waals surface area contributed by atoms with Crippen molar-refractivity contribution < 1.29 is 14.7 Å². The monoisotopic (exact) mass is 277 g/mol. The minimum atomic E-state index is -0.700. The van der Waals surface area contributed by atoms with E-state index in [1.807, 2.05) is 19.1 Å². The summed E-state index contributed by atoms with van der Waals surface area (Å²) in [5, 5.41) is 14.4. The summed E-state index contributed by atoms with van der Waals surface area (Å²) in [5.41, 5.74) is 6.35. The maximum Gasteiger partial charge on any atom is 0.252 e. The van der Waals surface area contributed by atoms with Crippen LogP contribution < -0.4 is 11.1 Å². The third kappa shape index (κ3) is 3.08. The number of nitrogens with zero attached hydrogens (tertiary/aromatic N) is 1. The number of amidine groups is 1. The van der Waals surface area contributed by atoms with Gasteiger partial charge in [0.1, 0.15) is 5.60 Å². The number of carbonyl (C=O) groups is 1. The largest absolute Gasteiger partial charge is 0.409 e. The second-order valence-electron chi connectivity index (χ2n) is 5.05. The molecular weight excluding hydrogens is 258 g/mol. The van der Waals surface area contributed by atoms with Gasteiger partial charge in [0.2, 0.25) is 0 Å². The first-order valence-electron chi connectivity index (χ1n) is 6.54. The van der Waals surface area contributed by atoms with Crippen molar-refractivity contribution >= 4 is 11.7 Å². The first-order chi connectivity index (χ1) is 9.55. The molecule has 20 heavy (non-hydrogen) atoms. The Hall–Kier alpha value is -2.08. The Morgan fingerprint density at radius 3 is 2.75 bits per heavy atom. The minimum Gasteiger partial charge on any atom is -0.409 e. The van der Waals surface area contributed by atoms with Crippen molar-refractivity contribution in [1.82, 2.24) is 5.32 Å². The number of hydrogen-bond acceptors (Lipinski definition) is 4. The van der Waals surface area contributed by atoms with Gasteiger partial charge in [-0.25, -0.2) is 0 Å². The van der Waals surface area contributed by atoms with Crippen molar-refractivity contribution in [2.45, 2.75) is 31.9 Å². The van der Waals surface area contributed by atoms with Gasteiger partial charge in [0.25, 0.3) is 5.91 Å². The quantitative estimate of drug-likeness (QED) is 0.330. The van der Waals surface area contributed by atoms with E-state index in [-0.39, 0.29) is 11.7 Å². The highest BCUT2D eigenvalue weighted by molar-refractivity contribution is 5.97. The lowest BCUT2D eigenvalue weighted by Gasteiger charge is -2.21. The predicted molar refractivity (Wildman–Crippen MR) is 74.4 cm³/mol. The molecule has 108 valence electrons. The van der Waals surface area contributed by atoms with Crippen LogP contribution in [0.25, 0.3) is 0 Å². The van der Waals surface area contributed by atoms with E-state index >= 15 is 0 Å². The molecule has 1 aromatic carbocycles. The first-order valence-corrected chi connectivity index (χ1v) is 6.54. The molecule has 2 rings (SSSR count). The van der Waals surface area contributed by atoms with Gasteiger partial charge in [-0.15, -0.1) is 0 Å². The molecule has 0 saturated carbocycles. The summed E-state index contributed by atoms with van der Waals surface area (Å²) >= 11 is 0. The molecule has 1 aliphatic rings. The summed E-state index contributed by atoms with van der Waals surface area (Å²) in [6.07, 6.45) is 1.67. The van der Waals surface area contributed by atoms with Crippen molar-refractivity contribution in [3.63, 3.8) is 0 Å². The highest BCUT2D eigenvalue weighted by Crippen LogP contribution is 2.25. The smallest absolute Gasteiger partial charge is 0.252 e. The molecule has 0 spiro atoms. The van der Waals surface area contributed by atoms with E-state index in [0.29, 0.717) is 18.7 Å². The van der Waals surface area contributed by atoms with Gasteiger partial charge >= 0.3 is 0 Å². The van der Waals surface area contributed by atoms with Crippen LogP contribution in [0.4, 0.5) is 0 Å². The van der Waals surface area contributed by atoms with Gasteiger partial charge in [-0.3, -0.25) is 4.79 Å². The molecule has 1 atom stereocenters. The molecule has 1 saturated heterocycles. The van der Waals surface area contributed by atoms with Crippen molar-refractivity contribution in [3.8, 4) is 0 Å². The number of amides is 1. The van der Waals surface area contributed by atoms with Crippen LogP contribution in [0.3, 0.4) is 0 Å². The number of benzene rings is 1. The summed E-state index contributed by atoms with van der Waals surface area (Å²) in [6.45, 7) is 2.88. The van der Waals surface area contributed by atoms with E-state index in [9.17, 15) is 4.79 Å². The van der Waals surface area contributed by atoms with E-state index in [0.717, 1.165) is 18.4 Å². The molecule has 0 bridgehead atoms. The van der Waals surface area contributed by atoms with Crippen LogP contribution in [-0.4, -0.2) is 29.2 Å². The number of oxime groups is 1. The zero-order chi connectivity index (χ0) is 14.6. The Kier molecular flexibility index (Phi) is 4.24. The van der Waals surface area contributed by atoms with Crippen LogP contribution in [0.2, 0.25) is 0 Å². The lowest BCUT2D eigenvalue weighted by Crippen LogP contribution is -2.43. The molecule has 1 unspecified atom stereocenters. The molecule has 6 nitrogen and oxygen atoms in total. The first kappa shape index (κ1) is 14.3. The second-order valence-corrected chi connectivity index (χ2v) is 5.05. The molecule has 1 aliphatic heterocycles. The highest BCUT2D eigenvalue weighted by Gasteiger charge is 2.37. The molecule has 1 heterocycles. The van der Waals surface area contributed by atoms with Gasteiger partial charge in [0, 0.05) is 18.7 Å². The van der Waals surface area contributed by atoms with Crippen LogP contribution >= 0.6 is 0 Å². The Labute approximate surface area is 117 Å². The van der Waals surface area contributed by atoms with Gasteiger partial charge in [-0.05, 0) is 25.3 Å². The molecule has 0 aliphatic carbocycles. The fourth-order valence-corrected chi connectivity index (χ4v) is 2.18. The molecule has 1 aromatic rings. The Morgan fingerprint density at radius 1 is 1.50 bits per heavy atom. The van der Waals surface area contributed by atoms with Gasteiger partial charge in [-0.1, -0.05) is 29.4 Å². The zero-order valence-electron chi connectivity index (χ0n) is 11.4. The van der Waals surface area contributed by atoms with Gasteiger partial charge in [-0.2, -0.15) is 0 Å². The van der Waals surface area contributed by atoms with E-state index < -0.39 is 5.60 Å². The minimum absolute atomic E-state index is 0.0625. The standard InChI is InChI=1S/C14H19N3O3/c1-14(7-2-8-20-14)13(18)16-9-10-3-5-11(6-4-10)12(15)17-19/h3-6,19H,2,7-9H2,1H3,(H2,15,17)(H,16,18). The average Bonchev–Trinajstić information content (AvgIpc) is 2.92. The number of ether oxygens (including phenoxy) is 1. The van der Waals surface area contributed by atoms with Crippen LogP contribution in [0.5, 0.6) is 0 Å². The zero-order valence-corrected chi connectivity index (χ0v) is 11.4. The molecule has 0 radical (unpaired) electrons. The number of hydrogen-bond donors (Lipinski definition) is 3. The molecular formula is C14H19N3O3. The highest BCUT2D eigenvalue weighted by atomic mass is 16.5. The third-order valence-electron chi connectivity index (χ3n) is 3.51. The number of nitrogens with two attached hydrogens (primary N) is 1. The van der Waals surface area contributed by atoms with E-state index in [1.165, 1.54) is 0 Å². The van der Waals surface area contributed by atoms with Crippen molar-refractivity contribution in [2.24, 2.45) is 10.9 Å². The summed E-state index contributed by atoms with van der Waals surface area (Å²) in [5.74, 6) is -0.0250. The van der Waals surface area contributed by atoms with Gasteiger partial charge in [0.05, 0.1) is 0 Å². The van der Waals surface area contributed by atoms with Crippen molar-refractivity contribution in [1.29, 1.82) is 0 Å². The van der Waals surface area contributed by atoms with E-state index in [2.05, 4.69) is 10.5 Å². The third-order valence-corrected chi connectivity index (χ3v) is 3.51. The van der Waals surface area contributed by atoms with Crippen LogP contribution in [0, 0.1) is 0 Å². The SMILES string of the molecule is CC1(C(=O)NCc2ccc(/C(N)=N/O)cc2)CCCO1. The Bertz CT molecular complexity index is 505. The lowest BCUT2D eigenvalue weighted by molar-refractivity contribution is -0.139. The topological polar surface area (TPSA) is 96.9 Å². The fraction of sp³-hybridized carbons (Fsp3) is 0.429.